The Bertz CT molecular complexity index is 895. The molecule has 4 heterocycles. The van der Waals surface area contributed by atoms with Crippen molar-refractivity contribution in [3.8, 4) is 5.69 Å². The van der Waals surface area contributed by atoms with Gasteiger partial charge in [0.2, 0.25) is 0 Å². The number of rotatable bonds is 5. The normalized spacial score (nSPS) is 28.5. The van der Waals surface area contributed by atoms with E-state index >= 15 is 0 Å². The van der Waals surface area contributed by atoms with Crippen LogP contribution in [0.15, 0.2) is 36.9 Å². The molecule has 31 heavy (non-hydrogen) atoms. The van der Waals surface area contributed by atoms with Crippen molar-refractivity contribution < 1.29 is 4.79 Å². The largest absolute Gasteiger partial charge is 0.338 e. The standard InChI is InChI=1S/C25H35N5O/c1-18(2)9-10-24-21-12-20(23-8-3-4-11-30(23)24)14-28(15-21)25(31)19-6-5-7-22(13-19)29-16-26-27-17-29/h5-7,13,16-18,20-21,23-24H,3-4,8-12,14-15H2,1-2H3/t20-,21+,23+,24+/m1/s1. The average molecular weight is 422 g/mol. The summed E-state index contributed by atoms with van der Waals surface area (Å²) in [7, 11) is 0. The number of likely N-dealkylation sites (tertiary alicyclic amines) is 1. The highest BCUT2D eigenvalue weighted by atomic mass is 16.2. The molecular weight excluding hydrogens is 386 g/mol. The highest BCUT2D eigenvalue weighted by Gasteiger charge is 2.47. The highest BCUT2D eigenvalue weighted by Crippen LogP contribution is 2.43. The summed E-state index contributed by atoms with van der Waals surface area (Å²) in [5.41, 5.74) is 1.70. The molecule has 6 heteroatoms. The maximum absolute atomic E-state index is 13.6. The maximum atomic E-state index is 13.6. The number of nitrogens with zero attached hydrogens (tertiary/aromatic N) is 5. The molecule has 3 aliphatic rings. The third-order valence-electron chi connectivity index (χ3n) is 7.76. The Hall–Kier alpha value is -2.21. The second-order valence-corrected chi connectivity index (χ2v) is 10.2. The lowest BCUT2D eigenvalue weighted by atomic mass is 9.71. The zero-order valence-electron chi connectivity index (χ0n) is 18.9. The van der Waals surface area contributed by atoms with Gasteiger partial charge in [0.25, 0.3) is 5.91 Å². The molecule has 2 bridgehead atoms. The average Bonchev–Trinajstić information content (AvgIpc) is 3.33. The van der Waals surface area contributed by atoms with E-state index in [1.54, 1.807) is 12.7 Å². The number of carbonyl (C=O) groups is 1. The van der Waals surface area contributed by atoms with Gasteiger partial charge in [0.05, 0.1) is 0 Å². The summed E-state index contributed by atoms with van der Waals surface area (Å²) in [6.07, 6.45) is 11.2. The molecule has 0 spiro atoms. The summed E-state index contributed by atoms with van der Waals surface area (Å²) in [6, 6.07) is 9.18. The number of fused-ring (bicyclic) bond motifs is 4. The maximum Gasteiger partial charge on any atom is 0.253 e. The van der Waals surface area contributed by atoms with Gasteiger partial charge in [0, 0.05) is 36.4 Å². The summed E-state index contributed by atoms with van der Waals surface area (Å²) in [5.74, 6) is 2.15. The SMILES string of the molecule is CC(C)CC[C@H]1[C@H]2C[C@H](CN(C(=O)c3cccc(-n4cnnc4)c3)C2)[C@@H]2CCCCN21. The molecule has 1 aromatic carbocycles. The lowest BCUT2D eigenvalue weighted by Gasteiger charge is -2.57. The summed E-state index contributed by atoms with van der Waals surface area (Å²) >= 11 is 0. The van der Waals surface area contributed by atoms with Crippen molar-refractivity contribution in [2.75, 3.05) is 19.6 Å². The first-order valence-corrected chi connectivity index (χ1v) is 12.1. The molecular formula is C25H35N5O. The molecule has 1 amide bonds. The Balaban J connectivity index is 1.37. The van der Waals surface area contributed by atoms with E-state index < -0.39 is 0 Å². The van der Waals surface area contributed by atoms with Gasteiger partial charge in [0.15, 0.2) is 0 Å². The summed E-state index contributed by atoms with van der Waals surface area (Å²) in [5, 5.41) is 7.78. The van der Waals surface area contributed by atoms with Gasteiger partial charge in [-0.1, -0.05) is 26.3 Å². The Morgan fingerprint density at radius 1 is 1.13 bits per heavy atom. The molecule has 1 aromatic heterocycles. The van der Waals surface area contributed by atoms with Crippen LogP contribution in [0.4, 0.5) is 0 Å². The van der Waals surface area contributed by atoms with Crippen molar-refractivity contribution in [1.82, 2.24) is 24.6 Å². The number of amides is 1. The molecule has 2 aromatic rings. The minimum atomic E-state index is 0.177. The predicted molar refractivity (Wildman–Crippen MR) is 121 cm³/mol. The van der Waals surface area contributed by atoms with E-state index in [0.29, 0.717) is 23.9 Å². The van der Waals surface area contributed by atoms with Gasteiger partial charge < -0.3 is 4.90 Å². The first-order valence-electron chi connectivity index (χ1n) is 12.1. The second kappa shape index (κ2) is 8.73. The van der Waals surface area contributed by atoms with Gasteiger partial charge >= 0.3 is 0 Å². The minimum Gasteiger partial charge on any atom is -0.338 e. The number of benzene rings is 1. The van der Waals surface area contributed by atoms with Crippen LogP contribution in [-0.2, 0) is 0 Å². The Morgan fingerprint density at radius 3 is 2.74 bits per heavy atom. The number of aromatic nitrogens is 3. The van der Waals surface area contributed by atoms with Crippen LogP contribution in [0.5, 0.6) is 0 Å². The van der Waals surface area contributed by atoms with Crippen LogP contribution in [0.25, 0.3) is 5.69 Å². The number of piperidine rings is 3. The zero-order chi connectivity index (χ0) is 21.4. The first kappa shape index (κ1) is 20.7. The molecule has 166 valence electrons. The minimum absolute atomic E-state index is 0.177. The molecule has 6 nitrogen and oxygen atoms in total. The molecule has 4 atom stereocenters. The van der Waals surface area contributed by atoms with Crippen LogP contribution >= 0.6 is 0 Å². The fourth-order valence-corrected chi connectivity index (χ4v) is 6.29. The van der Waals surface area contributed by atoms with E-state index in [1.165, 1.54) is 45.1 Å². The molecule has 0 aliphatic carbocycles. The van der Waals surface area contributed by atoms with Crippen LogP contribution < -0.4 is 0 Å². The number of hydrogen-bond donors (Lipinski definition) is 0. The zero-order valence-corrected chi connectivity index (χ0v) is 18.9. The number of carbonyl (C=O) groups excluding carboxylic acids is 1. The van der Waals surface area contributed by atoms with E-state index in [9.17, 15) is 4.79 Å². The van der Waals surface area contributed by atoms with Crippen LogP contribution in [0.2, 0.25) is 0 Å². The topological polar surface area (TPSA) is 54.3 Å². The summed E-state index contributed by atoms with van der Waals surface area (Å²) in [6.45, 7) is 7.73. The fraction of sp³-hybridized carbons (Fsp3) is 0.640. The lowest BCUT2D eigenvalue weighted by Crippen LogP contribution is -2.64. The Labute approximate surface area is 185 Å². The fourth-order valence-electron chi connectivity index (χ4n) is 6.29. The first-order chi connectivity index (χ1) is 15.1. The van der Waals surface area contributed by atoms with E-state index in [2.05, 4.69) is 33.8 Å². The molecule has 0 unspecified atom stereocenters. The van der Waals surface area contributed by atoms with Crippen LogP contribution in [0.3, 0.4) is 0 Å². The number of hydrogen-bond acceptors (Lipinski definition) is 4. The Morgan fingerprint density at radius 2 is 1.94 bits per heavy atom. The molecule has 0 N–H and O–H groups in total. The van der Waals surface area contributed by atoms with E-state index in [1.807, 2.05) is 28.8 Å². The Kier molecular flexibility index (Phi) is 5.83. The molecule has 3 aliphatic heterocycles. The van der Waals surface area contributed by atoms with Crippen LogP contribution in [-0.4, -0.2) is 62.2 Å². The van der Waals surface area contributed by atoms with E-state index in [-0.39, 0.29) is 5.91 Å². The van der Waals surface area contributed by atoms with Gasteiger partial charge in [-0.25, -0.2) is 0 Å². The van der Waals surface area contributed by atoms with Crippen LogP contribution in [0, 0.1) is 17.8 Å². The quantitative estimate of drug-likeness (QED) is 0.732. The van der Waals surface area contributed by atoms with Gasteiger partial charge in [-0.2, -0.15) is 0 Å². The van der Waals surface area contributed by atoms with Crippen molar-refractivity contribution in [2.24, 2.45) is 17.8 Å². The van der Waals surface area contributed by atoms with Gasteiger partial charge in [-0.3, -0.25) is 14.3 Å². The van der Waals surface area contributed by atoms with Crippen LogP contribution in [0.1, 0.15) is 62.7 Å². The molecule has 5 rings (SSSR count). The molecule has 3 fully saturated rings. The van der Waals surface area contributed by atoms with Crippen molar-refractivity contribution in [3.05, 3.63) is 42.5 Å². The van der Waals surface area contributed by atoms with Gasteiger partial charge in [0.1, 0.15) is 12.7 Å². The smallest absolute Gasteiger partial charge is 0.253 e. The van der Waals surface area contributed by atoms with Crippen molar-refractivity contribution in [2.45, 2.75) is 64.5 Å². The van der Waals surface area contributed by atoms with E-state index in [0.717, 1.165) is 30.3 Å². The second-order valence-electron chi connectivity index (χ2n) is 10.2. The van der Waals surface area contributed by atoms with Gasteiger partial charge in [-0.15, -0.1) is 10.2 Å². The van der Waals surface area contributed by atoms with Crippen molar-refractivity contribution in [3.63, 3.8) is 0 Å². The molecule has 0 saturated carbocycles. The third-order valence-corrected chi connectivity index (χ3v) is 7.76. The predicted octanol–water partition coefficient (Wildman–Crippen LogP) is 4.02. The summed E-state index contributed by atoms with van der Waals surface area (Å²) < 4.78 is 1.85. The lowest BCUT2D eigenvalue weighted by molar-refractivity contribution is -0.0681. The molecule has 0 radical (unpaired) electrons. The van der Waals surface area contributed by atoms with Crippen molar-refractivity contribution in [1.29, 1.82) is 0 Å². The summed E-state index contributed by atoms with van der Waals surface area (Å²) in [4.78, 5) is 18.6. The van der Waals surface area contributed by atoms with Crippen molar-refractivity contribution >= 4 is 5.91 Å². The third kappa shape index (κ3) is 4.14. The van der Waals surface area contributed by atoms with Gasteiger partial charge in [-0.05, 0) is 74.6 Å². The highest BCUT2D eigenvalue weighted by molar-refractivity contribution is 5.94. The monoisotopic (exact) mass is 421 g/mol. The van der Waals surface area contributed by atoms with E-state index in [4.69, 9.17) is 0 Å². The molecule has 3 saturated heterocycles.